The minimum atomic E-state index is -3.04. The van der Waals surface area contributed by atoms with Gasteiger partial charge in [-0.1, -0.05) is 17.7 Å². The molecule has 1 amide bonds. The van der Waals surface area contributed by atoms with Crippen LogP contribution in [-0.2, 0) is 4.79 Å². The van der Waals surface area contributed by atoms with E-state index in [1.165, 1.54) is 12.1 Å². The lowest BCUT2D eigenvalue weighted by Gasteiger charge is -2.14. The third-order valence-electron chi connectivity index (χ3n) is 3.34. The van der Waals surface area contributed by atoms with Crippen LogP contribution in [0.1, 0.15) is 11.1 Å². The van der Waals surface area contributed by atoms with Gasteiger partial charge in [0.1, 0.15) is 5.75 Å². The number of benzene rings is 2. The van der Waals surface area contributed by atoms with E-state index in [0.29, 0.717) is 5.75 Å². The number of anilines is 1. The molecular weight excluding hydrogens is 420 g/mol. The van der Waals surface area contributed by atoms with Gasteiger partial charge in [0.25, 0.3) is 5.91 Å². The summed E-state index contributed by atoms with van der Waals surface area (Å²) < 4.78 is 35.1. The van der Waals surface area contributed by atoms with E-state index in [9.17, 15) is 13.6 Å². The SMILES string of the molecule is Cc1ccc(OCC(=O)Nc2cc(Cl)cc(Br)c2OC(F)F)cc1C. The minimum absolute atomic E-state index is 0.0216. The van der Waals surface area contributed by atoms with Crippen LogP contribution in [0.25, 0.3) is 0 Å². The summed E-state index contributed by atoms with van der Waals surface area (Å²) >= 11 is 8.97. The molecule has 1 N–H and O–H groups in total. The fourth-order valence-corrected chi connectivity index (χ4v) is 2.90. The Kier molecular flexibility index (Phi) is 6.61. The van der Waals surface area contributed by atoms with Crippen molar-refractivity contribution in [2.24, 2.45) is 0 Å². The number of hydrogen-bond acceptors (Lipinski definition) is 3. The monoisotopic (exact) mass is 433 g/mol. The van der Waals surface area contributed by atoms with Crippen molar-refractivity contribution in [1.29, 1.82) is 0 Å². The van der Waals surface area contributed by atoms with Crippen LogP contribution in [0.15, 0.2) is 34.8 Å². The van der Waals surface area contributed by atoms with Crippen molar-refractivity contribution in [3.05, 3.63) is 51.0 Å². The lowest BCUT2D eigenvalue weighted by molar-refractivity contribution is -0.118. The number of hydrogen-bond donors (Lipinski definition) is 1. The molecule has 0 heterocycles. The predicted molar refractivity (Wildman–Crippen MR) is 95.8 cm³/mol. The van der Waals surface area contributed by atoms with Gasteiger partial charge in [-0.2, -0.15) is 8.78 Å². The average molecular weight is 435 g/mol. The Hall–Kier alpha value is -1.86. The molecule has 0 fully saturated rings. The van der Waals surface area contributed by atoms with Crippen LogP contribution in [0.4, 0.5) is 14.5 Å². The van der Waals surface area contributed by atoms with Crippen LogP contribution in [0.3, 0.4) is 0 Å². The van der Waals surface area contributed by atoms with Crippen molar-refractivity contribution in [3.8, 4) is 11.5 Å². The standard InChI is InChI=1S/C17H15BrClF2NO3/c1-9-3-4-12(5-10(9)2)24-8-15(23)22-14-7-11(19)6-13(18)16(14)25-17(20)21/h3-7,17H,8H2,1-2H3,(H,22,23). The highest BCUT2D eigenvalue weighted by Crippen LogP contribution is 2.37. The number of halogens is 4. The molecule has 2 rings (SSSR count). The minimum Gasteiger partial charge on any atom is -0.484 e. The van der Waals surface area contributed by atoms with E-state index in [4.69, 9.17) is 16.3 Å². The molecular formula is C17H15BrClF2NO3. The van der Waals surface area contributed by atoms with Gasteiger partial charge in [0.05, 0.1) is 10.2 Å². The first-order valence-electron chi connectivity index (χ1n) is 7.20. The molecule has 0 saturated carbocycles. The fraction of sp³-hybridized carbons (Fsp3) is 0.235. The largest absolute Gasteiger partial charge is 0.484 e. The first kappa shape index (κ1) is 19.5. The molecule has 0 radical (unpaired) electrons. The van der Waals surface area contributed by atoms with Crippen molar-refractivity contribution in [2.75, 3.05) is 11.9 Å². The number of carbonyl (C=O) groups is 1. The van der Waals surface area contributed by atoms with Crippen molar-refractivity contribution in [1.82, 2.24) is 0 Å². The first-order valence-corrected chi connectivity index (χ1v) is 8.37. The summed E-state index contributed by atoms with van der Waals surface area (Å²) in [6.07, 6.45) is 0. The van der Waals surface area contributed by atoms with Gasteiger partial charge in [0.2, 0.25) is 0 Å². The van der Waals surface area contributed by atoms with E-state index < -0.39 is 12.5 Å². The van der Waals surface area contributed by atoms with Crippen LogP contribution < -0.4 is 14.8 Å². The molecule has 134 valence electrons. The van der Waals surface area contributed by atoms with Gasteiger partial charge in [-0.3, -0.25) is 4.79 Å². The summed E-state index contributed by atoms with van der Waals surface area (Å²) in [7, 11) is 0. The molecule has 2 aromatic carbocycles. The summed E-state index contributed by atoms with van der Waals surface area (Å²) in [5.74, 6) is -0.208. The van der Waals surface area contributed by atoms with E-state index in [2.05, 4.69) is 26.0 Å². The number of alkyl halides is 2. The molecule has 0 aromatic heterocycles. The van der Waals surface area contributed by atoms with Gasteiger partial charge in [0, 0.05) is 5.02 Å². The van der Waals surface area contributed by atoms with Gasteiger partial charge in [-0.25, -0.2) is 0 Å². The topological polar surface area (TPSA) is 47.6 Å². The number of carbonyl (C=O) groups excluding carboxylic acids is 1. The summed E-state index contributed by atoms with van der Waals surface area (Å²) in [6, 6.07) is 8.14. The zero-order valence-corrected chi connectivity index (χ0v) is 15.7. The predicted octanol–water partition coefficient (Wildman–Crippen LogP) is 5.34. The molecule has 0 saturated heterocycles. The molecule has 8 heteroatoms. The van der Waals surface area contributed by atoms with Gasteiger partial charge in [-0.15, -0.1) is 0 Å². The van der Waals surface area contributed by atoms with Crippen LogP contribution in [0.2, 0.25) is 5.02 Å². The number of ether oxygens (including phenoxy) is 2. The zero-order valence-electron chi connectivity index (χ0n) is 13.4. The molecule has 2 aromatic rings. The van der Waals surface area contributed by atoms with Gasteiger partial charge >= 0.3 is 6.61 Å². The average Bonchev–Trinajstić information content (AvgIpc) is 2.51. The fourth-order valence-electron chi connectivity index (χ4n) is 2.00. The van der Waals surface area contributed by atoms with Crippen LogP contribution in [0.5, 0.6) is 11.5 Å². The quantitative estimate of drug-likeness (QED) is 0.668. The normalized spacial score (nSPS) is 10.7. The highest BCUT2D eigenvalue weighted by molar-refractivity contribution is 9.10. The second-order valence-corrected chi connectivity index (χ2v) is 6.52. The smallest absolute Gasteiger partial charge is 0.387 e. The number of nitrogens with one attached hydrogen (secondary N) is 1. The van der Waals surface area contributed by atoms with E-state index in [1.807, 2.05) is 26.0 Å². The van der Waals surface area contributed by atoms with E-state index >= 15 is 0 Å². The second kappa shape index (κ2) is 8.49. The Bertz CT molecular complexity index is 787. The zero-order chi connectivity index (χ0) is 18.6. The van der Waals surface area contributed by atoms with Crippen molar-refractivity contribution in [3.63, 3.8) is 0 Å². The van der Waals surface area contributed by atoms with Crippen LogP contribution >= 0.6 is 27.5 Å². The Labute approximate surface area is 157 Å². The van der Waals surface area contributed by atoms with E-state index in [1.54, 1.807) is 6.07 Å². The maximum Gasteiger partial charge on any atom is 0.387 e. The molecule has 0 unspecified atom stereocenters. The third-order valence-corrected chi connectivity index (χ3v) is 4.14. The van der Waals surface area contributed by atoms with Gasteiger partial charge < -0.3 is 14.8 Å². The maximum absolute atomic E-state index is 12.5. The molecule has 0 spiro atoms. The molecule has 0 bridgehead atoms. The first-order chi connectivity index (χ1) is 11.8. The summed E-state index contributed by atoms with van der Waals surface area (Å²) in [5, 5.41) is 2.71. The lowest BCUT2D eigenvalue weighted by Crippen LogP contribution is -2.21. The Morgan fingerprint density at radius 1 is 1.24 bits per heavy atom. The highest BCUT2D eigenvalue weighted by Gasteiger charge is 2.17. The highest BCUT2D eigenvalue weighted by atomic mass is 79.9. The summed E-state index contributed by atoms with van der Waals surface area (Å²) in [4.78, 5) is 12.1. The lowest BCUT2D eigenvalue weighted by atomic mass is 10.1. The number of rotatable bonds is 6. The third kappa shape index (κ3) is 5.57. The van der Waals surface area contributed by atoms with Gasteiger partial charge in [0.15, 0.2) is 12.4 Å². The maximum atomic E-state index is 12.5. The van der Waals surface area contributed by atoms with Crippen LogP contribution in [-0.4, -0.2) is 19.1 Å². The summed E-state index contributed by atoms with van der Waals surface area (Å²) in [6.45, 7) is 0.563. The van der Waals surface area contributed by atoms with E-state index in [0.717, 1.165) is 11.1 Å². The van der Waals surface area contributed by atoms with Crippen molar-refractivity contribution < 1.29 is 23.0 Å². The molecule has 0 atom stereocenters. The van der Waals surface area contributed by atoms with Crippen molar-refractivity contribution in [2.45, 2.75) is 20.5 Å². The Morgan fingerprint density at radius 3 is 2.60 bits per heavy atom. The number of amides is 1. The Morgan fingerprint density at radius 2 is 1.96 bits per heavy atom. The molecule has 0 aliphatic rings. The Balaban J connectivity index is 2.08. The molecule has 25 heavy (non-hydrogen) atoms. The molecule has 0 aliphatic heterocycles. The molecule has 4 nitrogen and oxygen atoms in total. The summed E-state index contributed by atoms with van der Waals surface area (Å²) in [5.41, 5.74) is 2.16. The second-order valence-electron chi connectivity index (χ2n) is 5.23. The molecule has 0 aliphatic carbocycles. The number of aryl methyl sites for hydroxylation is 2. The van der Waals surface area contributed by atoms with Gasteiger partial charge in [-0.05, 0) is 65.2 Å². The van der Waals surface area contributed by atoms with Crippen LogP contribution in [0, 0.1) is 13.8 Å². The van der Waals surface area contributed by atoms with E-state index in [-0.39, 0.29) is 27.5 Å². The van der Waals surface area contributed by atoms with Crippen molar-refractivity contribution >= 4 is 39.1 Å².